The van der Waals surface area contributed by atoms with Crippen molar-refractivity contribution in [1.29, 1.82) is 0 Å². The van der Waals surface area contributed by atoms with Crippen LogP contribution < -0.4 is 5.32 Å². The average molecular weight is 435 g/mol. The number of aromatic amines is 1. The second-order valence-electron chi connectivity index (χ2n) is 8.01. The van der Waals surface area contributed by atoms with Crippen LogP contribution in [-0.4, -0.2) is 15.0 Å². The number of nitrogens with one attached hydrogen (secondary N) is 2. The van der Waals surface area contributed by atoms with Gasteiger partial charge in [-0.25, -0.2) is 9.97 Å². The van der Waals surface area contributed by atoms with Crippen molar-refractivity contribution >= 4 is 54.9 Å². The molecule has 3 heterocycles. The number of para-hydroxylation sites is 1. The number of anilines is 2. The summed E-state index contributed by atoms with van der Waals surface area (Å²) in [5, 5.41) is 7.16. The van der Waals surface area contributed by atoms with Gasteiger partial charge in [0.2, 0.25) is 0 Å². The van der Waals surface area contributed by atoms with Crippen molar-refractivity contribution in [2.45, 2.75) is 20.3 Å². The van der Waals surface area contributed by atoms with Gasteiger partial charge in [-0.15, -0.1) is 11.3 Å². The van der Waals surface area contributed by atoms with Gasteiger partial charge >= 0.3 is 0 Å². The van der Waals surface area contributed by atoms with Crippen LogP contribution in [0.2, 0.25) is 0 Å². The van der Waals surface area contributed by atoms with Gasteiger partial charge in [0.25, 0.3) is 0 Å². The Morgan fingerprint density at radius 2 is 1.81 bits per heavy atom. The first-order valence-electron chi connectivity index (χ1n) is 10.8. The number of fused-ring (bicyclic) bond motifs is 4. The molecule has 156 valence electrons. The lowest BCUT2D eigenvalue weighted by atomic mass is 10.0. The minimum Gasteiger partial charge on any atom is -0.354 e. The van der Waals surface area contributed by atoms with Crippen LogP contribution in [0.15, 0.2) is 73.1 Å². The molecular formula is C27H22N4S. The monoisotopic (exact) mass is 434 g/mol. The van der Waals surface area contributed by atoms with E-state index in [1.54, 1.807) is 17.7 Å². The quantitative estimate of drug-likeness (QED) is 0.300. The van der Waals surface area contributed by atoms with Crippen LogP contribution in [0, 0.1) is 6.92 Å². The Bertz CT molecular complexity index is 1590. The van der Waals surface area contributed by atoms with Crippen LogP contribution in [0.4, 0.5) is 11.5 Å². The minimum absolute atomic E-state index is 0.836. The molecule has 0 bridgehead atoms. The Labute approximate surface area is 190 Å². The van der Waals surface area contributed by atoms with E-state index in [4.69, 9.17) is 0 Å². The molecule has 0 radical (unpaired) electrons. The van der Waals surface area contributed by atoms with Gasteiger partial charge in [-0.1, -0.05) is 61.5 Å². The topological polar surface area (TPSA) is 53.6 Å². The maximum atomic E-state index is 4.63. The molecule has 0 saturated carbocycles. The van der Waals surface area contributed by atoms with Crippen LogP contribution in [0.25, 0.3) is 43.1 Å². The number of hydrogen-bond acceptors (Lipinski definition) is 4. The fourth-order valence-electron chi connectivity index (χ4n) is 4.59. The zero-order chi connectivity index (χ0) is 21.7. The van der Waals surface area contributed by atoms with E-state index in [1.807, 2.05) is 6.07 Å². The van der Waals surface area contributed by atoms with Crippen molar-refractivity contribution in [2.75, 3.05) is 5.32 Å². The summed E-state index contributed by atoms with van der Waals surface area (Å²) in [6.07, 6.45) is 2.65. The zero-order valence-corrected chi connectivity index (χ0v) is 18.8. The number of rotatable bonds is 4. The predicted molar refractivity (Wildman–Crippen MR) is 136 cm³/mol. The second kappa shape index (κ2) is 7.46. The summed E-state index contributed by atoms with van der Waals surface area (Å²) < 4.78 is 0. The first kappa shape index (κ1) is 19.0. The Hall–Kier alpha value is -3.70. The molecular weight excluding hydrogens is 412 g/mol. The summed E-state index contributed by atoms with van der Waals surface area (Å²) >= 11 is 1.71. The van der Waals surface area contributed by atoms with Crippen molar-refractivity contribution < 1.29 is 0 Å². The van der Waals surface area contributed by atoms with Crippen molar-refractivity contribution in [2.24, 2.45) is 0 Å². The standard InChI is InChI=1S/C27H22N4S/c1-3-17-10-7-11-21-20-13-12-19(14-22(20)31-25(17)21)30-26-24-23(18-8-5-4-6-9-18)16(2)32-27(24)29-15-28-26/h4-15,31H,3H2,1-2H3,(H,28,29,30). The number of hydrogen-bond donors (Lipinski definition) is 2. The van der Waals surface area contributed by atoms with Gasteiger partial charge in [0.1, 0.15) is 17.0 Å². The van der Waals surface area contributed by atoms with E-state index in [1.165, 1.54) is 37.9 Å². The molecule has 0 spiro atoms. The third kappa shape index (κ3) is 2.97. The zero-order valence-electron chi connectivity index (χ0n) is 17.9. The Morgan fingerprint density at radius 1 is 0.938 bits per heavy atom. The Morgan fingerprint density at radius 3 is 2.66 bits per heavy atom. The summed E-state index contributed by atoms with van der Waals surface area (Å²) in [5.41, 5.74) is 7.09. The molecule has 3 aromatic heterocycles. The first-order valence-corrected chi connectivity index (χ1v) is 11.6. The van der Waals surface area contributed by atoms with Gasteiger partial charge in [0.05, 0.1) is 5.39 Å². The third-order valence-corrected chi connectivity index (χ3v) is 7.10. The molecule has 0 unspecified atom stereocenters. The van der Waals surface area contributed by atoms with Crippen molar-refractivity contribution in [3.05, 3.63) is 83.5 Å². The summed E-state index contributed by atoms with van der Waals surface area (Å²) in [6, 6.07) is 23.5. The molecule has 2 N–H and O–H groups in total. The van der Waals surface area contributed by atoms with E-state index < -0.39 is 0 Å². The van der Waals surface area contributed by atoms with Crippen LogP contribution in [0.1, 0.15) is 17.4 Å². The number of nitrogens with zero attached hydrogens (tertiary/aromatic N) is 2. The summed E-state index contributed by atoms with van der Waals surface area (Å²) in [5.74, 6) is 0.836. The smallest absolute Gasteiger partial charge is 0.143 e. The maximum absolute atomic E-state index is 4.63. The van der Waals surface area contributed by atoms with Gasteiger partial charge in [-0.05, 0) is 36.6 Å². The number of aromatic nitrogens is 3. The summed E-state index contributed by atoms with van der Waals surface area (Å²) in [4.78, 5) is 15.0. The highest BCUT2D eigenvalue weighted by Gasteiger charge is 2.17. The molecule has 32 heavy (non-hydrogen) atoms. The van der Waals surface area contributed by atoms with Crippen LogP contribution in [0.5, 0.6) is 0 Å². The summed E-state index contributed by atoms with van der Waals surface area (Å²) in [7, 11) is 0. The molecule has 5 heteroatoms. The number of benzene rings is 3. The highest BCUT2D eigenvalue weighted by atomic mass is 32.1. The molecule has 4 nitrogen and oxygen atoms in total. The van der Waals surface area contributed by atoms with Crippen molar-refractivity contribution in [3.8, 4) is 11.1 Å². The minimum atomic E-state index is 0.836. The van der Waals surface area contributed by atoms with Gasteiger partial charge < -0.3 is 10.3 Å². The van der Waals surface area contributed by atoms with Crippen molar-refractivity contribution in [1.82, 2.24) is 15.0 Å². The number of aryl methyl sites for hydroxylation is 2. The van der Waals surface area contributed by atoms with Gasteiger partial charge in [0.15, 0.2) is 0 Å². The van der Waals surface area contributed by atoms with Gasteiger partial charge in [0, 0.05) is 37.9 Å². The van der Waals surface area contributed by atoms with E-state index in [9.17, 15) is 0 Å². The van der Waals surface area contributed by atoms with E-state index in [-0.39, 0.29) is 0 Å². The lowest BCUT2D eigenvalue weighted by Gasteiger charge is -2.09. The van der Waals surface area contributed by atoms with Crippen molar-refractivity contribution in [3.63, 3.8) is 0 Å². The lowest BCUT2D eigenvalue weighted by Crippen LogP contribution is -1.95. The van der Waals surface area contributed by atoms with E-state index in [0.717, 1.165) is 33.7 Å². The molecule has 0 atom stereocenters. The highest BCUT2D eigenvalue weighted by molar-refractivity contribution is 7.19. The van der Waals surface area contributed by atoms with Crippen LogP contribution >= 0.6 is 11.3 Å². The first-order chi connectivity index (χ1) is 15.7. The highest BCUT2D eigenvalue weighted by Crippen LogP contribution is 2.41. The number of thiophene rings is 1. The molecule has 0 saturated heterocycles. The lowest BCUT2D eigenvalue weighted by molar-refractivity contribution is 1.15. The maximum Gasteiger partial charge on any atom is 0.143 e. The van der Waals surface area contributed by atoms with Crippen LogP contribution in [-0.2, 0) is 6.42 Å². The molecule has 6 aromatic rings. The molecule has 0 aliphatic carbocycles. The molecule has 0 aliphatic rings. The Kier molecular flexibility index (Phi) is 4.44. The SMILES string of the molecule is CCc1cccc2c1[nH]c1cc(Nc3ncnc4sc(C)c(-c5ccccc5)c34)ccc12. The molecule has 0 amide bonds. The second-order valence-corrected chi connectivity index (χ2v) is 9.21. The number of H-pyrrole nitrogens is 1. The normalized spacial score (nSPS) is 11.6. The fourth-order valence-corrected chi connectivity index (χ4v) is 5.60. The molecule has 0 fully saturated rings. The average Bonchev–Trinajstić information content (AvgIpc) is 3.36. The largest absolute Gasteiger partial charge is 0.354 e. The molecule has 0 aliphatic heterocycles. The Balaban J connectivity index is 1.49. The van der Waals surface area contributed by atoms with E-state index in [2.05, 4.69) is 94.8 Å². The van der Waals surface area contributed by atoms with Crippen LogP contribution in [0.3, 0.4) is 0 Å². The fraction of sp³-hybridized carbons (Fsp3) is 0.111. The van der Waals surface area contributed by atoms with Gasteiger partial charge in [-0.2, -0.15) is 0 Å². The van der Waals surface area contributed by atoms with E-state index in [0.29, 0.717) is 0 Å². The summed E-state index contributed by atoms with van der Waals surface area (Å²) in [6.45, 7) is 4.35. The third-order valence-electron chi connectivity index (χ3n) is 6.09. The molecule has 6 rings (SSSR count). The predicted octanol–water partition coefficient (Wildman–Crippen LogP) is 7.61. The van der Waals surface area contributed by atoms with E-state index >= 15 is 0 Å². The molecule has 3 aromatic carbocycles. The van der Waals surface area contributed by atoms with Gasteiger partial charge in [-0.3, -0.25) is 0 Å².